The van der Waals surface area contributed by atoms with Crippen molar-refractivity contribution in [1.82, 2.24) is 0 Å². The Kier molecular flexibility index (Phi) is 4.20. The molecule has 2 aromatic carbocycles. The van der Waals surface area contributed by atoms with E-state index in [-0.39, 0.29) is 18.0 Å². The van der Waals surface area contributed by atoms with Crippen LogP contribution in [0, 0.1) is 0 Å². The molecule has 0 unspecified atom stereocenters. The normalized spacial score (nSPS) is 16.1. The predicted octanol–water partition coefficient (Wildman–Crippen LogP) is 3.12. The quantitative estimate of drug-likeness (QED) is 0.928. The topological polar surface area (TPSA) is 74.2 Å². The van der Waals surface area contributed by atoms with Crippen LogP contribution in [-0.2, 0) is 0 Å². The van der Waals surface area contributed by atoms with Gasteiger partial charge in [0.05, 0.1) is 27.8 Å². The van der Waals surface area contributed by atoms with E-state index in [9.17, 15) is 9.90 Å². The van der Waals surface area contributed by atoms with Gasteiger partial charge in [-0.25, -0.2) is 0 Å². The van der Waals surface area contributed by atoms with Crippen LogP contribution in [0.1, 0.15) is 28.4 Å². The molecule has 1 N–H and O–H groups in total. The molecule has 1 atom stereocenters. The summed E-state index contributed by atoms with van der Waals surface area (Å²) in [6.07, 6.45) is -0.305. The summed E-state index contributed by atoms with van der Waals surface area (Å²) >= 11 is 0. The number of aromatic hydroxyl groups is 1. The van der Waals surface area contributed by atoms with E-state index >= 15 is 0 Å². The highest BCUT2D eigenvalue weighted by molar-refractivity contribution is 6.02. The summed E-state index contributed by atoms with van der Waals surface area (Å²) in [6.45, 7) is 0. The second kappa shape index (κ2) is 6.31. The first-order chi connectivity index (χ1) is 11.6. The van der Waals surface area contributed by atoms with Gasteiger partial charge in [-0.05, 0) is 17.7 Å². The molecular weight excluding hydrogens is 312 g/mol. The molecule has 0 aliphatic carbocycles. The Balaban J connectivity index is 1.99. The summed E-state index contributed by atoms with van der Waals surface area (Å²) in [4.78, 5) is 12.5. The number of fused-ring (bicyclic) bond motifs is 1. The minimum absolute atomic E-state index is 0.0219. The number of Topliss-reactive ketones (excluding diaryl/α,β-unsaturated/α-hetero) is 1. The number of hydrogen-bond acceptors (Lipinski definition) is 6. The zero-order chi connectivity index (χ0) is 17.3. The second-order valence-corrected chi connectivity index (χ2v) is 5.37. The van der Waals surface area contributed by atoms with E-state index in [1.165, 1.54) is 19.2 Å². The van der Waals surface area contributed by atoms with Crippen molar-refractivity contribution < 1.29 is 28.8 Å². The summed E-state index contributed by atoms with van der Waals surface area (Å²) in [6, 6.07) is 8.19. The van der Waals surface area contributed by atoms with E-state index in [1.807, 2.05) is 6.07 Å². The van der Waals surface area contributed by atoms with Gasteiger partial charge in [0.25, 0.3) is 0 Å². The van der Waals surface area contributed by atoms with Crippen molar-refractivity contribution in [2.75, 3.05) is 21.3 Å². The van der Waals surface area contributed by atoms with Crippen molar-refractivity contribution in [1.29, 1.82) is 0 Å². The molecule has 0 saturated heterocycles. The molecule has 0 fully saturated rings. The zero-order valence-electron chi connectivity index (χ0n) is 13.7. The highest BCUT2D eigenvalue weighted by Gasteiger charge is 2.31. The van der Waals surface area contributed by atoms with Gasteiger partial charge in [0.1, 0.15) is 28.9 Å². The fourth-order valence-corrected chi connectivity index (χ4v) is 2.81. The molecular formula is C18H18O6. The van der Waals surface area contributed by atoms with Crippen LogP contribution in [0.4, 0.5) is 0 Å². The lowest BCUT2D eigenvalue weighted by Crippen LogP contribution is -2.21. The van der Waals surface area contributed by atoms with Crippen molar-refractivity contribution in [2.45, 2.75) is 12.5 Å². The lowest BCUT2D eigenvalue weighted by Gasteiger charge is -2.27. The molecule has 0 bridgehead atoms. The van der Waals surface area contributed by atoms with Gasteiger partial charge < -0.3 is 24.1 Å². The fourth-order valence-electron chi connectivity index (χ4n) is 2.81. The number of benzene rings is 2. The minimum Gasteiger partial charge on any atom is -0.508 e. The summed E-state index contributed by atoms with van der Waals surface area (Å²) in [5.74, 6) is 1.65. The first-order valence-electron chi connectivity index (χ1n) is 7.40. The van der Waals surface area contributed by atoms with Crippen LogP contribution in [0.25, 0.3) is 0 Å². The van der Waals surface area contributed by atoms with Crippen LogP contribution >= 0.6 is 0 Å². The highest BCUT2D eigenvalue weighted by atomic mass is 16.5. The van der Waals surface area contributed by atoms with E-state index < -0.39 is 6.10 Å². The molecule has 0 radical (unpaired) electrons. The number of hydrogen-bond donors (Lipinski definition) is 1. The minimum atomic E-state index is -0.476. The van der Waals surface area contributed by atoms with Gasteiger partial charge in [-0.1, -0.05) is 6.07 Å². The third-order valence-corrected chi connectivity index (χ3v) is 3.97. The maximum Gasteiger partial charge on any atom is 0.174 e. The van der Waals surface area contributed by atoms with Crippen molar-refractivity contribution in [3.8, 4) is 28.7 Å². The second-order valence-electron chi connectivity index (χ2n) is 5.37. The van der Waals surface area contributed by atoms with Crippen molar-refractivity contribution in [3.63, 3.8) is 0 Å². The van der Waals surface area contributed by atoms with Gasteiger partial charge in [0.15, 0.2) is 17.3 Å². The van der Waals surface area contributed by atoms with Crippen molar-refractivity contribution >= 4 is 5.78 Å². The summed E-state index contributed by atoms with van der Waals surface area (Å²) in [5.41, 5.74) is 1.14. The molecule has 6 heteroatoms. The first-order valence-corrected chi connectivity index (χ1v) is 7.40. The Morgan fingerprint density at radius 2 is 1.71 bits per heavy atom. The fraction of sp³-hybridized carbons (Fsp3) is 0.278. The third kappa shape index (κ3) is 2.71. The first kappa shape index (κ1) is 16.0. The molecule has 126 valence electrons. The number of carbonyl (C=O) groups excluding carboxylic acids is 1. The lowest BCUT2D eigenvalue weighted by molar-refractivity contribution is 0.0844. The maximum absolute atomic E-state index is 12.5. The van der Waals surface area contributed by atoms with Crippen molar-refractivity contribution in [3.05, 3.63) is 41.5 Å². The molecule has 2 aromatic rings. The number of phenols is 1. The number of methoxy groups -OCH3 is 3. The lowest BCUT2D eigenvalue weighted by atomic mass is 9.95. The van der Waals surface area contributed by atoms with Crippen LogP contribution in [-0.4, -0.2) is 32.2 Å². The van der Waals surface area contributed by atoms with Gasteiger partial charge in [0.2, 0.25) is 0 Å². The average Bonchev–Trinajstić information content (AvgIpc) is 2.59. The van der Waals surface area contributed by atoms with E-state index in [1.54, 1.807) is 26.4 Å². The van der Waals surface area contributed by atoms with Crippen LogP contribution in [0.5, 0.6) is 28.7 Å². The van der Waals surface area contributed by atoms with Gasteiger partial charge >= 0.3 is 0 Å². The molecule has 1 heterocycles. The van der Waals surface area contributed by atoms with Crippen LogP contribution in [0.15, 0.2) is 30.3 Å². The molecule has 1 aliphatic heterocycles. The standard InChI is InChI=1S/C18H18O6/c1-21-13-5-4-10(6-15(13)22-2)14-9-12(20)18-16(23-3)7-11(19)8-17(18)24-14/h4-8,14,19H,9H2,1-3H3/t14-/m0/s1. The Labute approximate surface area is 139 Å². The van der Waals surface area contributed by atoms with Gasteiger partial charge in [-0.15, -0.1) is 0 Å². The summed E-state index contributed by atoms with van der Waals surface area (Å²) in [5, 5.41) is 9.79. The highest BCUT2D eigenvalue weighted by Crippen LogP contribution is 2.43. The molecule has 0 aromatic heterocycles. The van der Waals surface area contributed by atoms with E-state index in [0.29, 0.717) is 28.6 Å². The number of carbonyl (C=O) groups is 1. The van der Waals surface area contributed by atoms with E-state index in [4.69, 9.17) is 18.9 Å². The third-order valence-electron chi connectivity index (χ3n) is 3.97. The van der Waals surface area contributed by atoms with Crippen molar-refractivity contribution in [2.24, 2.45) is 0 Å². The number of rotatable bonds is 4. The van der Waals surface area contributed by atoms with Crippen LogP contribution in [0.2, 0.25) is 0 Å². The Hall–Kier alpha value is -2.89. The average molecular weight is 330 g/mol. The summed E-state index contributed by atoms with van der Waals surface area (Å²) in [7, 11) is 4.55. The molecule has 1 aliphatic rings. The molecule has 0 amide bonds. The Morgan fingerprint density at radius 3 is 2.38 bits per heavy atom. The molecule has 6 nitrogen and oxygen atoms in total. The largest absolute Gasteiger partial charge is 0.508 e. The SMILES string of the molecule is COc1ccc([C@@H]2CC(=O)c3c(OC)cc(O)cc3O2)cc1OC. The van der Waals surface area contributed by atoms with Crippen LogP contribution in [0.3, 0.4) is 0 Å². The maximum atomic E-state index is 12.5. The molecule has 0 saturated carbocycles. The van der Waals surface area contributed by atoms with Gasteiger partial charge in [0, 0.05) is 12.1 Å². The molecule has 0 spiro atoms. The number of phenolic OH excluding ortho intramolecular Hbond substituents is 1. The van der Waals surface area contributed by atoms with Crippen LogP contribution < -0.4 is 18.9 Å². The van der Waals surface area contributed by atoms with Gasteiger partial charge in [-0.3, -0.25) is 4.79 Å². The Bertz CT molecular complexity index is 783. The molecule has 24 heavy (non-hydrogen) atoms. The Morgan fingerprint density at radius 1 is 1.00 bits per heavy atom. The van der Waals surface area contributed by atoms with E-state index in [2.05, 4.69) is 0 Å². The summed E-state index contributed by atoms with van der Waals surface area (Å²) < 4.78 is 21.6. The number of ether oxygens (including phenoxy) is 4. The van der Waals surface area contributed by atoms with Gasteiger partial charge in [-0.2, -0.15) is 0 Å². The molecule has 3 rings (SSSR count). The zero-order valence-corrected chi connectivity index (χ0v) is 13.7. The monoisotopic (exact) mass is 330 g/mol. The smallest absolute Gasteiger partial charge is 0.174 e. The predicted molar refractivity (Wildman–Crippen MR) is 86.5 cm³/mol. The van der Waals surface area contributed by atoms with E-state index in [0.717, 1.165) is 5.56 Å². The number of ketones is 1.